The van der Waals surface area contributed by atoms with Gasteiger partial charge < -0.3 is 16.9 Å². The van der Waals surface area contributed by atoms with Gasteiger partial charge in [-0.25, -0.2) is 0 Å². The summed E-state index contributed by atoms with van der Waals surface area (Å²) >= 11 is 0. The molecule has 0 bridgehead atoms. The summed E-state index contributed by atoms with van der Waals surface area (Å²) in [7, 11) is 0. The second kappa shape index (κ2) is 10.2. The Morgan fingerprint density at radius 3 is 2.41 bits per heavy atom. The number of phenolic OH excluding ortho intramolecular Hbond substituents is 1. The molecule has 0 unspecified atom stereocenters. The molecule has 0 radical (unpaired) electrons. The summed E-state index contributed by atoms with van der Waals surface area (Å²) in [6.45, 7) is 10.4. The molecule has 0 fully saturated rings. The molecule has 1 rings (SSSR count). The molecule has 0 aromatic heterocycles. The molecule has 3 N–H and O–H groups in total. The Bertz CT molecular complexity index is 383. The molecule has 4 heteroatoms. The van der Waals surface area contributed by atoms with E-state index in [4.69, 9.17) is 10.8 Å². The first-order valence-corrected chi connectivity index (χ1v) is 4.65. The minimum Gasteiger partial charge on any atom is -0.534 e. The van der Waals surface area contributed by atoms with Crippen LogP contribution in [0.15, 0.2) is 41.9 Å². The molecule has 0 saturated heterocycles. The van der Waals surface area contributed by atoms with Crippen molar-refractivity contribution in [2.75, 3.05) is 0 Å². The van der Waals surface area contributed by atoms with Gasteiger partial charge in [-0.15, -0.1) is 24.3 Å². The molecular formula is C13H16N2OU. The largest absolute Gasteiger partial charge is 2.00 e. The fourth-order valence-electron chi connectivity index (χ4n) is 0.712. The summed E-state index contributed by atoms with van der Waals surface area (Å²) in [5.74, 6) is 0.479. The second-order valence-corrected chi connectivity index (χ2v) is 3.06. The topological polar surface area (TPSA) is 58.6 Å². The molecule has 0 heterocycles. The Morgan fingerprint density at radius 2 is 2.06 bits per heavy atom. The van der Waals surface area contributed by atoms with Crippen molar-refractivity contribution < 1.29 is 36.2 Å². The standard InChI is InChI=1S/C10H11N2O.C3H5.U/c1-7(2)10(11)12-8-3-5-9(13)6-4-8;1-3-2;/h3-5,13H,1H2,2H3,(H2,11,12);1H2,2H3;/q2*-1;+2. The van der Waals surface area contributed by atoms with Crippen molar-refractivity contribution in [1.29, 1.82) is 0 Å². The zero-order valence-corrected chi connectivity index (χ0v) is 14.3. The summed E-state index contributed by atoms with van der Waals surface area (Å²) in [6, 6.07) is 7.33. The van der Waals surface area contributed by atoms with Gasteiger partial charge in [0.05, 0.1) is 0 Å². The van der Waals surface area contributed by atoms with Crippen LogP contribution in [0.3, 0.4) is 0 Å². The van der Waals surface area contributed by atoms with Crippen molar-refractivity contribution in [3.63, 3.8) is 0 Å². The van der Waals surface area contributed by atoms with Crippen LogP contribution < -0.4 is 5.73 Å². The maximum Gasteiger partial charge on any atom is 2.00 e. The number of rotatable bonds is 2. The number of hydrogen-bond acceptors (Lipinski definition) is 2. The van der Waals surface area contributed by atoms with Crippen LogP contribution in [-0.4, -0.2) is 10.9 Å². The number of aromatic hydroxyl groups is 1. The minimum absolute atomic E-state index is 0. The van der Waals surface area contributed by atoms with Crippen LogP contribution in [0.5, 0.6) is 5.75 Å². The number of aliphatic imine (C=N–C) groups is 1. The molecule has 88 valence electrons. The molecular weight excluding hydrogens is 438 g/mol. The summed E-state index contributed by atoms with van der Waals surface area (Å²) in [6.07, 6.45) is 2.50. The number of benzene rings is 1. The van der Waals surface area contributed by atoms with Gasteiger partial charge in [-0.3, -0.25) is 11.6 Å². The van der Waals surface area contributed by atoms with Crippen LogP contribution in [0.4, 0.5) is 5.69 Å². The Labute approximate surface area is 127 Å². The normalized spacial score (nSPS) is 9.41. The van der Waals surface area contributed by atoms with Crippen molar-refractivity contribution in [3.8, 4) is 5.75 Å². The van der Waals surface area contributed by atoms with Gasteiger partial charge in [0.1, 0.15) is 5.84 Å². The molecule has 0 saturated carbocycles. The first-order chi connectivity index (χ1) is 7.51. The average Bonchev–Trinajstić information content (AvgIpc) is 2.22. The summed E-state index contributed by atoms with van der Waals surface area (Å²) in [5.41, 5.74) is 6.93. The summed E-state index contributed by atoms with van der Waals surface area (Å²) in [5, 5.41) is 8.95. The molecule has 0 aliphatic carbocycles. The molecule has 17 heavy (non-hydrogen) atoms. The van der Waals surface area contributed by atoms with Gasteiger partial charge in [-0.1, -0.05) is 6.58 Å². The van der Waals surface area contributed by atoms with E-state index in [0.717, 1.165) is 0 Å². The third-order valence-electron chi connectivity index (χ3n) is 1.47. The Kier molecular flexibility index (Phi) is 11.0. The smallest absolute Gasteiger partial charge is 0.534 e. The monoisotopic (exact) mass is 454 g/mol. The van der Waals surface area contributed by atoms with E-state index >= 15 is 0 Å². The van der Waals surface area contributed by atoms with Crippen molar-refractivity contribution >= 4 is 11.5 Å². The molecule has 1 aromatic carbocycles. The first-order valence-electron chi connectivity index (χ1n) is 4.65. The predicted molar refractivity (Wildman–Crippen MR) is 67.6 cm³/mol. The van der Waals surface area contributed by atoms with Crippen LogP contribution >= 0.6 is 0 Å². The number of hydrogen-bond donors (Lipinski definition) is 2. The molecule has 3 nitrogen and oxygen atoms in total. The van der Waals surface area contributed by atoms with Gasteiger partial charge in [0.15, 0.2) is 0 Å². The fraction of sp³-hybridized carbons (Fsp3) is 0.154. The molecule has 0 spiro atoms. The summed E-state index contributed by atoms with van der Waals surface area (Å²) < 4.78 is 0. The van der Waals surface area contributed by atoms with Gasteiger partial charge in [0.2, 0.25) is 0 Å². The van der Waals surface area contributed by atoms with Crippen LogP contribution in [0.2, 0.25) is 0 Å². The van der Waals surface area contributed by atoms with Crippen LogP contribution in [0.25, 0.3) is 0 Å². The van der Waals surface area contributed by atoms with E-state index in [1.54, 1.807) is 26.0 Å². The summed E-state index contributed by atoms with van der Waals surface area (Å²) in [4.78, 5) is 4.05. The molecule has 0 amide bonds. The Hall–Kier alpha value is -0.978. The predicted octanol–water partition coefficient (Wildman–Crippen LogP) is 2.75. The van der Waals surface area contributed by atoms with Crippen LogP contribution in [-0.2, 0) is 0 Å². The van der Waals surface area contributed by atoms with Crippen molar-refractivity contribution in [3.05, 3.63) is 49.1 Å². The maximum absolute atomic E-state index is 8.95. The third kappa shape index (κ3) is 8.79. The van der Waals surface area contributed by atoms with E-state index in [1.807, 2.05) is 0 Å². The van der Waals surface area contributed by atoms with E-state index in [0.29, 0.717) is 17.1 Å². The van der Waals surface area contributed by atoms with E-state index in [2.05, 4.69) is 30.3 Å². The molecule has 0 atom stereocenters. The van der Waals surface area contributed by atoms with Crippen molar-refractivity contribution in [2.45, 2.75) is 13.8 Å². The zero-order valence-electron chi connectivity index (χ0n) is 10.1. The Balaban J connectivity index is 0. The second-order valence-electron chi connectivity index (χ2n) is 3.06. The first kappa shape index (κ1) is 18.4. The minimum atomic E-state index is 0. The van der Waals surface area contributed by atoms with Crippen LogP contribution in [0, 0.1) is 43.3 Å². The van der Waals surface area contributed by atoms with Crippen LogP contribution in [0.1, 0.15) is 13.8 Å². The van der Waals surface area contributed by atoms with E-state index in [9.17, 15) is 0 Å². The van der Waals surface area contributed by atoms with Crippen molar-refractivity contribution in [2.24, 2.45) is 10.7 Å². The number of nitrogens with two attached hydrogens (primary N) is 1. The molecule has 0 aliphatic rings. The van der Waals surface area contributed by atoms with Crippen molar-refractivity contribution in [1.82, 2.24) is 0 Å². The van der Waals surface area contributed by atoms with E-state index in [1.165, 1.54) is 6.07 Å². The SMILES string of the molecule is C=C(C)C(N)=Nc1c[c-]c(O)cc1.C=[C-]C.[U+2]. The van der Waals surface area contributed by atoms with Gasteiger partial charge in [-0.2, -0.15) is 6.92 Å². The van der Waals surface area contributed by atoms with E-state index in [-0.39, 0.29) is 36.9 Å². The third-order valence-corrected chi connectivity index (χ3v) is 1.47. The quantitative estimate of drug-likeness (QED) is 0.410. The molecule has 0 aliphatic heterocycles. The van der Waals surface area contributed by atoms with Gasteiger partial charge in [-0.05, 0) is 18.2 Å². The Morgan fingerprint density at radius 1 is 1.53 bits per heavy atom. The van der Waals surface area contributed by atoms with Gasteiger partial charge >= 0.3 is 31.1 Å². The average molecular weight is 454 g/mol. The number of allylic oxidation sites excluding steroid dienone is 1. The van der Waals surface area contributed by atoms with Gasteiger partial charge in [0.25, 0.3) is 0 Å². The zero-order chi connectivity index (χ0) is 12.6. The van der Waals surface area contributed by atoms with Gasteiger partial charge in [0, 0.05) is 5.75 Å². The fourth-order valence-corrected chi connectivity index (χ4v) is 0.712. The number of phenols is 1. The maximum atomic E-state index is 8.95. The number of nitrogens with zero attached hydrogens (tertiary/aromatic N) is 1. The number of amidine groups is 1. The molecule has 1 aromatic rings. The van der Waals surface area contributed by atoms with E-state index < -0.39 is 0 Å².